The van der Waals surface area contributed by atoms with Crippen molar-refractivity contribution >= 4 is 35.1 Å². The Morgan fingerprint density at radius 1 is 1.30 bits per heavy atom. The molecule has 37 heavy (non-hydrogen) atoms. The number of aromatic nitrogens is 3. The largest absolute Gasteiger partial charge is 0.378 e. The Morgan fingerprint density at radius 3 is 2.84 bits per heavy atom. The van der Waals surface area contributed by atoms with Gasteiger partial charge in [-0.1, -0.05) is 62.4 Å². The number of nitrogens with zero attached hydrogens (tertiary/aromatic N) is 5. The molecule has 8 heteroatoms. The summed E-state index contributed by atoms with van der Waals surface area (Å²) in [6.07, 6.45) is 11.7. The number of allylic oxidation sites excluding steroid dienone is 3. The number of aliphatic imine (C=N–C) groups is 1. The molecule has 2 N–H and O–H groups in total. The van der Waals surface area contributed by atoms with Crippen LogP contribution in [0, 0.1) is 0 Å². The highest BCUT2D eigenvalue weighted by atomic mass is 16.3. The van der Waals surface area contributed by atoms with Crippen molar-refractivity contribution in [2.45, 2.75) is 45.8 Å². The lowest BCUT2D eigenvalue weighted by Crippen LogP contribution is -2.35. The van der Waals surface area contributed by atoms with Crippen molar-refractivity contribution in [1.29, 1.82) is 0 Å². The summed E-state index contributed by atoms with van der Waals surface area (Å²) in [4.78, 5) is 24.3. The van der Waals surface area contributed by atoms with Crippen LogP contribution < -0.4 is 5.32 Å². The Hall–Kier alpha value is -3.62. The van der Waals surface area contributed by atoms with E-state index in [-0.39, 0.29) is 5.78 Å². The molecule has 0 amide bonds. The number of carbonyl (C=O) groups excluding carboxylic acids is 1. The molecule has 0 radical (unpaired) electrons. The Balaban J connectivity index is 1.71. The molecule has 8 nitrogen and oxygen atoms in total. The maximum absolute atomic E-state index is 13.0. The van der Waals surface area contributed by atoms with Gasteiger partial charge in [0.15, 0.2) is 11.4 Å². The van der Waals surface area contributed by atoms with Gasteiger partial charge in [-0.05, 0) is 31.4 Å². The standard InChI is InChI=1S/C29H36N6O2/c1-4-26(37)34(5-2)18-10-15-24-27-25(36)16-17-31-29(27)35-28(33-24)23(20-32-35)22(19-30-3)14-9-13-21-11-7-6-8-12-21/h6-9,11-14,19-20,26,31,37H,4-5,10,15-18H2,1-3H3/b13-9+,22-14+,30-19?. The van der Waals surface area contributed by atoms with E-state index in [0.717, 1.165) is 41.9 Å². The Morgan fingerprint density at radius 2 is 2.11 bits per heavy atom. The van der Waals surface area contributed by atoms with Crippen molar-refractivity contribution in [2.24, 2.45) is 4.99 Å². The summed E-state index contributed by atoms with van der Waals surface area (Å²) in [5.74, 6) is 0.795. The minimum absolute atomic E-state index is 0.0906. The van der Waals surface area contributed by atoms with Crippen molar-refractivity contribution in [3.8, 4) is 0 Å². The van der Waals surface area contributed by atoms with Crippen LogP contribution in [-0.4, -0.2) is 69.5 Å². The highest BCUT2D eigenvalue weighted by Gasteiger charge is 2.27. The van der Waals surface area contributed by atoms with Crippen molar-refractivity contribution in [3.63, 3.8) is 0 Å². The molecule has 3 heterocycles. The molecular formula is C29H36N6O2. The van der Waals surface area contributed by atoms with Gasteiger partial charge in [-0.15, -0.1) is 0 Å². The molecule has 1 unspecified atom stereocenters. The lowest BCUT2D eigenvalue weighted by atomic mass is 10.00. The summed E-state index contributed by atoms with van der Waals surface area (Å²) >= 11 is 0. The number of benzene rings is 1. The SMILES string of the molecule is CCC(O)N(CC)CCCc1nc2c(/C(C=NC)=C/C=C/c3ccccc3)cnn2c2c1C(=O)CCN2. The monoisotopic (exact) mass is 500 g/mol. The van der Waals surface area contributed by atoms with Crippen molar-refractivity contribution in [3.05, 3.63) is 71.1 Å². The summed E-state index contributed by atoms with van der Waals surface area (Å²) in [5, 5.41) is 18.3. The van der Waals surface area contributed by atoms with E-state index in [1.54, 1.807) is 24.0 Å². The number of hydrogen-bond acceptors (Lipinski definition) is 7. The molecule has 0 spiro atoms. The minimum Gasteiger partial charge on any atom is -0.378 e. The van der Waals surface area contributed by atoms with Crippen molar-refractivity contribution < 1.29 is 9.90 Å². The summed E-state index contributed by atoms with van der Waals surface area (Å²) in [7, 11) is 1.74. The Bertz CT molecular complexity index is 1310. The number of aryl methyl sites for hydroxylation is 1. The number of ketones is 1. The van der Waals surface area contributed by atoms with Gasteiger partial charge in [-0.2, -0.15) is 9.61 Å². The van der Waals surface area contributed by atoms with Gasteiger partial charge in [0.25, 0.3) is 0 Å². The summed E-state index contributed by atoms with van der Waals surface area (Å²) in [6, 6.07) is 10.1. The second kappa shape index (κ2) is 12.6. The quantitative estimate of drug-likeness (QED) is 0.229. The van der Waals surface area contributed by atoms with E-state index in [1.165, 1.54) is 0 Å². The number of carbonyl (C=O) groups is 1. The maximum Gasteiger partial charge on any atom is 0.170 e. The van der Waals surface area contributed by atoms with Gasteiger partial charge in [0.05, 0.1) is 17.5 Å². The highest BCUT2D eigenvalue weighted by molar-refractivity contribution is 6.13. The fraction of sp³-hybridized carbons (Fsp3) is 0.379. The van der Waals surface area contributed by atoms with E-state index in [0.29, 0.717) is 42.8 Å². The third kappa shape index (κ3) is 6.03. The summed E-state index contributed by atoms with van der Waals surface area (Å²) in [6.45, 7) is 6.11. The van der Waals surface area contributed by atoms with Gasteiger partial charge in [0.1, 0.15) is 12.0 Å². The van der Waals surface area contributed by atoms with Gasteiger partial charge in [-0.25, -0.2) is 4.98 Å². The van der Waals surface area contributed by atoms with Crippen LogP contribution in [0.25, 0.3) is 17.3 Å². The van der Waals surface area contributed by atoms with E-state index in [2.05, 4.69) is 27.5 Å². The number of Topliss-reactive ketones (excluding diaryl/α,β-unsaturated/α-hetero) is 1. The molecule has 2 aromatic heterocycles. The van der Waals surface area contributed by atoms with Crippen LogP contribution in [0.5, 0.6) is 0 Å². The molecule has 0 aliphatic carbocycles. The van der Waals surface area contributed by atoms with Crippen molar-refractivity contribution in [1.82, 2.24) is 19.5 Å². The second-order valence-corrected chi connectivity index (χ2v) is 9.08. The van der Waals surface area contributed by atoms with Crippen LogP contribution in [0.2, 0.25) is 0 Å². The third-order valence-corrected chi connectivity index (χ3v) is 6.64. The number of aliphatic hydroxyl groups is 1. The lowest BCUT2D eigenvalue weighted by Gasteiger charge is -2.26. The summed E-state index contributed by atoms with van der Waals surface area (Å²) < 4.78 is 1.74. The van der Waals surface area contributed by atoms with Crippen LogP contribution in [0.1, 0.15) is 60.3 Å². The molecule has 194 valence electrons. The van der Waals surface area contributed by atoms with Crippen LogP contribution >= 0.6 is 0 Å². The number of fused-ring (bicyclic) bond motifs is 3. The molecular weight excluding hydrogens is 464 g/mol. The predicted octanol–water partition coefficient (Wildman–Crippen LogP) is 4.51. The molecule has 3 aromatic rings. The van der Waals surface area contributed by atoms with E-state index in [4.69, 9.17) is 4.98 Å². The number of anilines is 1. The molecule has 1 aromatic carbocycles. The lowest BCUT2D eigenvalue weighted by molar-refractivity contribution is 0.00405. The molecule has 0 fully saturated rings. The molecule has 0 bridgehead atoms. The van der Waals surface area contributed by atoms with E-state index >= 15 is 0 Å². The molecule has 1 aliphatic rings. The topological polar surface area (TPSA) is 95.1 Å². The van der Waals surface area contributed by atoms with Gasteiger partial charge in [0, 0.05) is 43.9 Å². The van der Waals surface area contributed by atoms with E-state index in [1.807, 2.05) is 55.2 Å². The average molecular weight is 501 g/mol. The van der Waals surface area contributed by atoms with Gasteiger partial charge in [-0.3, -0.25) is 14.7 Å². The van der Waals surface area contributed by atoms with Crippen molar-refractivity contribution in [2.75, 3.05) is 32.0 Å². The highest BCUT2D eigenvalue weighted by Crippen LogP contribution is 2.29. The number of hydrogen-bond donors (Lipinski definition) is 2. The molecule has 1 aliphatic heterocycles. The first kappa shape index (κ1) is 26.4. The first-order valence-corrected chi connectivity index (χ1v) is 13.0. The molecule has 1 atom stereocenters. The fourth-order valence-electron chi connectivity index (χ4n) is 4.69. The van der Waals surface area contributed by atoms with E-state index in [9.17, 15) is 9.90 Å². The normalized spacial score (nSPS) is 15.2. The number of rotatable bonds is 11. The van der Waals surface area contributed by atoms with Crippen LogP contribution in [0.15, 0.2) is 53.7 Å². The Labute approximate surface area is 218 Å². The Kier molecular flexibility index (Phi) is 8.98. The number of nitrogens with one attached hydrogen (secondary N) is 1. The van der Waals surface area contributed by atoms with Crippen LogP contribution in [0.3, 0.4) is 0 Å². The number of aliphatic hydroxyl groups excluding tert-OH is 1. The summed E-state index contributed by atoms with van der Waals surface area (Å²) in [5.41, 5.74) is 4.94. The first-order valence-electron chi connectivity index (χ1n) is 13.0. The first-order chi connectivity index (χ1) is 18.1. The molecule has 4 rings (SSSR count). The fourth-order valence-corrected chi connectivity index (χ4v) is 4.69. The zero-order valence-corrected chi connectivity index (χ0v) is 21.9. The zero-order chi connectivity index (χ0) is 26.2. The molecule has 0 saturated heterocycles. The average Bonchev–Trinajstić information content (AvgIpc) is 3.35. The van der Waals surface area contributed by atoms with E-state index < -0.39 is 6.23 Å². The second-order valence-electron chi connectivity index (χ2n) is 9.08. The van der Waals surface area contributed by atoms with Gasteiger partial charge < -0.3 is 10.4 Å². The zero-order valence-electron chi connectivity index (χ0n) is 21.9. The predicted molar refractivity (Wildman–Crippen MR) is 150 cm³/mol. The van der Waals surface area contributed by atoms with Gasteiger partial charge in [0.2, 0.25) is 0 Å². The molecule has 0 saturated carbocycles. The minimum atomic E-state index is -0.455. The van der Waals surface area contributed by atoms with Crippen LogP contribution in [-0.2, 0) is 6.42 Å². The van der Waals surface area contributed by atoms with Gasteiger partial charge >= 0.3 is 0 Å². The third-order valence-electron chi connectivity index (χ3n) is 6.64. The van der Waals surface area contributed by atoms with Crippen LogP contribution in [0.4, 0.5) is 5.82 Å². The maximum atomic E-state index is 13.0. The smallest absolute Gasteiger partial charge is 0.170 e.